The zero-order valence-electron chi connectivity index (χ0n) is 9.04. The van der Waals surface area contributed by atoms with Gasteiger partial charge in [0, 0.05) is 23.9 Å². The smallest absolute Gasteiger partial charge is 0.310 e. The van der Waals surface area contributed by atoms with Gasteiger partial charge in [-0.15, -0.1) is 0 Å². The maximum atomic E-state index is 12.7. The number of ether oxygens (including phenoxy) is 1. The number of methoxy groups -OCH3 is 1. The number of alkyl halides is 2. The van der Waals surface area contributed by atoms with Gasteiger partial charge in [0.15, 0.2) is 0 Å². The van der Waals surface area contributed by atoms with Gasteiger partial charge in [0.05, 0.1) is 13.5 Å². The number of pyridine rings is 1. The van der Waals surface area contributed by atoms with Crippen molar-refractivity contribution in [2.45, 2.75) is 19.4 Å². The van der Waals surface area contributed by atoms with Crippen molar-refractivity contribution in [3.8, 4) is 0 Å². The van der Waals surface area contributed by atoms with Crippen LogP contribution in [0.15, 0.2) is 10.8 Å². The average molecular weight is 309 g/mol. The number of nitrogens with zero attached hydrogens (tertiary/aromatic N) is 1. The van der Waals surface area contributed by atoms with Crippen LogP contribution in [0.2, 0.25) is 0 Å². The van der Waals surface area contributed by atoms with E-state index >= 15 is 0 Å². The summed E-state index contributed by atoms with van der Waals surface area (Å²) in [5, 5.41) is 0. The Balaban J connectivity index is 3.25. The summed E-state index contributed by atoms with van der Waals surface area (Å²) in [5.74, 6) is -0.534. The van der Waals surface area contributed by atoms with Gasteiger partial charge in [-0.3, -0.25) is 4.79 Å². The normalized spacial score (nSPS) is 10.7. The molecule has 17 heavy (non-hydrogen) atoms. The number of nitrogens with two attached hydrogens (primary N) is 1. The molecule has 1 aromatic rings. The highest BCUT2D eigenvalue weighted by Gasteiger charge is 2.20. The predicted molar refractivity (Wildman–Crippen MR) is 60.5 cm³/mol. The molecule has 0 aliphatic heterocycles. The molecule has 0 saturated carbocycles. The van der Waals surface area contributed by atoms with Gasteiger partial charge in [-0.25, -0.2) is 13.8 Å². The fourth-order valence-electron chi connectivity index (χ4n) is 1.41. The van der Waals surface area contributed by atoms with Crippen LogP contribution in [-0.4, -0.2) is 18.1 Å². The molecule has 7 heteroatoms. The minimum Gasteiger partial charge on any atom is -0.469 e. The van der Waals surface area contributed by atoms with E-state index in [0.717, 1.165) is 6.20 Å². The van der Waals surface area contributed by atoms with Gasteiger partial charge in [-0.05, 0) is 21.5 Å². The monoisotopic (exact) mass is 308 g/mol. The summed E-state index contributed by atoms with van der Waals surface area (Å²) in [4.78, 5) is 15.0. The third-order valence-corrected chi connectivity index (χ3v) is 2.95. The van der Waals surface area contributed by atoms with Crippen molar-refractivity contribution < 1.29 is 18.3 Å². The SMILES string of the molecule is COC(=O)Cc1c(Br)ncc(C(F)F)c1CN. The van der Waals surface area contributed by atoms with E-state index in [2.05, 4.69) is 25.7 Å². The number of halogens is 3. The maximum Gasteiger partial charge on any atom is 0.310 e. The molecule has 1 heterocycles. The molecular formula is C10H11BrF2N2O2. The van der Waals surface area contributed by atoms with Crippen molar-refractivity contribution in [2.75, 3.05) is 7.11 Å². The molecule has 94 valence electrons. The van der Waals surface area contributed by atoms with Crippen LogP contribution in [0, 0.1) is 0 Å². The molecule has 0 aromatic carbocycles. The van der Waals surface area contributed by atoms with Gasteiger partial charge >= 0.3 is 5.97 Å². The largest absolute Gasteiger partial charge is 0.469 e. The number of carbonyl (C=O) groups excluding carboxylic acids is 1. The Bertz CT molecular complexity index is 427. The Labute approximate surface area is 105 Å². The van der Waals surface area contributed by atoms with E-state index in [-0.39, 0.29) is 24.1 Å². The molecule has 0 amide bonds. The first-order chi connectivity index (χ1) is 8.01. The minimum absolute atomic E-state index is 0.0902. The van der Waals surface area contributed by atoms with Crippen LogP contribution in [0.4, 0.5) is 8.78 Å². The predicted octanol–water partition coefficient (Wildman–Crippen LogP) is 1.96. The number of carbonyl (C=O) groups is 1. The van der Waals surface area contributed by atoms with Gasteiger partial charge < -0.3 is 10.5 Å². The summed E-state index contributed by atoms with van der Waals surface area (Å²) in [6, 6.07) is 0. The molecule has 0 aliphatic rings. The molecule has 0 radical (unpaired) electrons. The van der Waals surface area contributed by atoms with Crippen LogP contribution in [0.5, 0.6) is 0 Å². The highest BCUT2D eigenvalue weighted by atomic mass is 79.9. The Kier molecular flexibility index (Phi) is 4.95. The number of esters is 1. The number of rotatable bonds is 4. The van der Waals surface area contributed by atoms with Crippen molar-refractivity contribution in [2.24, 2.45) is 5.73 Å². The van der Waals surface area contributed by atoms with Crippen molar-refractivity contribution in [1.29, 1.82) is 0 Å². The third-order valence-electron chi connectivity index (χ3n) is 2.27. The molecule has 0 fully saturated rings. The first kappa shape index (κ1) is 14.0. The van der Waals surface area contributed by atoms with Gasteiger partial charge in [0.25, 0.3) is 6.43 Å². The quantitative estimate of drug-likeness (QED) is 0.682. The Morgan fingerprint density at radius 3 is 2.71 bits per heavy atom. The van der Waals surface area contributed by atoms with Crippen molar-refractivity contribution in [3.63, 3.8) is 0 Å². The first-order valence-electron chi connectivity index (χ1n) is 4.72. The number of hydrogen-bond donors (Lipinski definition) is 1. The summed E-state index contributed by atoms with van der Waals surface area (Å²) in [6.07, 6.45) is -1.76. The summed E-state index contributed by atoms with van der Waals surface area (Å²) < 4.78 is 30.3. The molecular weight excluding hydrogens is 298 g/mol. The number of aromatic nitrogens is 1. The number of hydrogen-bond acceptors (Lipinski definition) is 4. The standard InChI is InChI=1S/C10H11BrF2N2O2/c1-17-8(16)2-5-6(3-14)7(10(12)13)4-15-9(5)11/h4,10H,2-3,14H2,1H3. The lowest BCUT2D eigenvalue weighted by atomic mass is 10.0. The lowest BCUT2D eigenvalue weighted by Crippen LogP contribution is -2.13. The van der Waals surface area contributed by atoms with E-state index in [4.69, 9.17) is 5.73 Å². The Morgan fingerprint density at radius 2 is 2.24 bits per heavy atom. The molecule has 0 atom stereocenters. The van der Waals surface area contributed by atoms with Gasteiger partial charge in [0.2, 0.25) is 0 Å². The molecule has 0 spiro atoms. The lowest BCUT2D eigenvalue weighted by molar-refractivity contribution is -0.139. The molecule has 0 aliphatic carbocycles. The maximum absolute atomic E-state index is 12.7. The van der Waals surface area contributed by atoms with E-state index in [1.54, 1.807) is 0 Å². The van der Waals surface area contributed by atoms with E-state index in [1.807, 2.05) is 0 Å². The fourth-order valence-corrected chi connectivity index (χ4v) is 1.89. The summed E-state index contributed by atoms with van der Waals surface area (Å²) in [7, 11) is 1.22. The second-order valence-electron chi connectivity index (χ2n) is 3.22. The Hall–Kier alpha value is -1.08. The minimum atomic E-state index is -2.68. The second kappa shape index (κ2) is 6.02. The van der Waals surface area contributed by atoms with Crippen LogP contribution >= 0.6 is 15.9 Å². The van der Waals surface area contributed by atoms with Gasteiger partial charge in [-0.1, -0.05) is 0 Å². The average Bonchev–Trinajstić information content (AvgIpc) is 2.30. The summed E-state index contributed by atoms with van der Waals surface area (Å²) >= 11 is 3.11. The molecule has 1 aromatic heterocycles. The van der Waals surface area contributed by atoms with Crippen molar-refractivity contribution in [1.82, 2.24) is 4.98 Å². The van der Waals surface area contributed by atoms with E-state index in [1.165, 1.54) is 7.11 Å². The topological polar surface area (TPSA) is 65.2 Å². The van der Waals surface area contributed by atoms with E-state index in [9.17, 15) is 13.6 Å². The van der Waals surface area contributed by atoms with Crippen LogP contribution in [0.25, 0.3) is 0 Å². The molecule has 2 N–H and O–H groups in total. The van der Waals surface area contributed by atoms with E-state index in [0.29, 0.717) is 10.2 Å². The highest BCUT2D eigenvalue weighted by molar-refractivity contribution is 9.10. The summed E-state index contributed by atoms with van der Waals surface area (Å²) in [6.45, 7) is -0.0902. The second-order valence-corrected chi connectivity index (χ2v) is 3.97. The van der Waals surface area contributed by atoms with Crippen LogP contribution in [0.1, 0.15) is 23.1 Å². The fraction of sp³-hybridized carbons (Fsp3) is 0.400. The van der Waals surface area contributed by atoms with Gasteiger partial charge in [0.1, 0.15) is 4.60 Å². The molecule has 1 rings (SSSR count). The van der Waals surface area contributed by atoms with Crippen LogP contribution in [0.3, 0.4) is 0 Å². The molecule has 4 nitrogen and oxygen atoms in total. The van der Waals surface area contributed by atoms with Crippen molar-refractivity contribution >= 4 is 21.9 Å². The lowest BCUT2D eigenvalue weighted by Gasteiger charge is -2.13. The van der Waals surface area contributed by atoms with Crippen LogP contribution < -0.4 is 5.73 Å². The zero-order valence-corrected chi connectivity index (χ0v) is 10.6. The molecule has 0 unspecified atom stereocenters. The van der Waals surface area contributed by atoms with Crippen molar-refractivity contribution in [3.05, 3.63) is 27.5 Å². The molecule has 0 bridgehead atoms. The highest BCUT2D eigenvalue weighted by Crippen LogP contribution is 2.28. The third kappa shape index (κ3) is 3.19. The van der Waals surface area contributed by atoms with Gasteiger partial charge in [-0.2, -0.15) is 0 Å². The molecule has 0 saturated heterocycles. The first-order valence-corrected chi connectivity index (χ1v) is 5.51. The zero-order chi connectivity index (χ0) is 13.0. The Morgan fingerprint density at radius 1 is 1.59 bits per heavy atom. The summed E-state index contributed by atoms with van der Waals surface area (Å²) in [5.41, 5.74) is 5.76. The van der Waals surface area contributed by atoms with E-state index < -0.39 is 12.4 Å². The van der Waals surface area contributed by atoms with Crippen LogP contribution in [-0.2, 0) is 22.5 Å².